The van der Waals surface area contributed by atoms with Crippen LogP contribution in [0.4, 0.5) is 17.5 Å². The number of benzene rings is 1. The average molecular weight is 459 g/mol. The van der Waals surface area contributed by atoms with Gasteiger partial charge in [-0.2, -0.15) is 4.98 Å². The second-order valence-electron chi connectivity index (χ2n) is 8.23. The van der Waals surface area contributed by atoms with Crippen molar-refractivity contribution in [2.24, 2.45) is 0 Å². The highest BCUT2D eigenvalue weighted by atomic mass is 16.2. The molecule has 5 rings (SSSR count). The third kappa shape index (κ3) is 3.81. The molecule has 4 heterocycles. The van der Waals surface area contributed by atoms with Crippen molar-refractivity contribution in [2.75, 3.05) is 23.8 Å². The Morgan fingerprint density at radius 2 is 2.06 bits per heavy atom. The molecule has 0 bridgehead atoms. The Kier molecular flexibility index (Phi) is 5.58. The van der Waals surface area contributed by atoms with Crippen molar-refractivity contribution in [3.8, 4) is 5.82 Å². The molecule has 1 aliphatic rings. The fourth-order valence-corrected chi connectivity index (χ4v) is 4.17. The summed E-state index contributed by atoms with van der Waals surface area (Å²) in [5.74, 6) is 1.22. The predicted octanol–water partition coefficient (Wildman–Crippen LogP) is 2.37. The van der Waals surface area contributed by atoms with Gasteiger partial charge in [0.05, 0.1) is 0 Å². The number of hydrogen-bond donors (Lipinski definition) is 2. The van der Waals surface area contributed by atoms with Gasteiger partial charge in [-0.15, -0.1) is 0 Å². The molecule has 0 spiro atoms. The lowest BCUT2D eigenvalue weighted by molar-refractivity contribution is -0.116. The molecular weight excluding hydrogens is 432 g/mol. The average Bonchev–Trinajstić information content (AvgIpc) is 3.14. The van der Waals surface area contributed by atoms with E-state index in [1.165, 1.54) is 23.0 Å². The minimum Gasteiger partial charge on any atom is -0.324 e. The van der Waals surface area contributed by atoms with Crippen molar-refractivity contribution in [3.05, 3.63) is 64.1 Å². The molecule has 4 aromatic rings. The summed E-state index contributed by atoms with van der Waals surface area (Å²) in [4.78, 5) is 40.0. The Balaban J connectivity index is 1.59. The summed E-state index contributed by atoms with van der Waals surface area (Å²) in [6.45, 7) is 5.60. The van der Waals surface area contributed by atoms with Crippen LogP contribution >= 0.6 is 0 Å². The van der Waals surface area contributed by atoms with E-state index in [0.717, 1.165) is 25.2 Å². The Bertz CT molecular complexity index is 1460. The zero-order chi connectivity index (χ0) is 23.8. The number of carbonyl (C=O) groups is 1. The number of nitrogens with zero attached hydrogens (tertiary/aromatic N) is 6. The lowest BCUT2D eigenvalue weighted by Gasteiger charge is -2.18. The molecule has 0 fully saturated rings. The highest BCUT2D eigenvalue weighted by molar-refractivity contribution is 5.89. The van der Waals surface area contributed by atoms with Gasteiger partial charge < -0.3 is 15.5 Å². The highest BCUT2D eigenvalue weighted by Crippen LogP contribution is 2.23. The first kappa shape index (κ1) is 21.8. The molecule has 0 radical (unpaired) electrons. The van der Waals surface area contributed by atoms with Gasteiger partial charge in [-0.05, 0) is 55.3 Å². The number of anilines is 3. The fraction of sp³-hybridized carbons (Fsp3) is 0.292. The first-order valence-electron chi connectivity index (χ1n) is 11.3. The van der Waals surface area contributed by atoms with Gasteiger partial charge in [-0.1, -0.05) is 12.1 Å². The second-order valence-corrected chi connectivity index (χ2v) is 8.23. The van der Waals surface area contributed by atoms with E-state index in [0.29, 0.717) is 35.2 Å². The van der Waals surface area contributed by atoms with E-state index in [1.54, 1.807) is 40.8 Å². The lowest BCUT2D eigenvalue weighted by Crippen LogP contribution is -2.25. The standard InChI is InChI=1S/C24H26N8O2/c1-4-31-23(34)19-14-26-24(27-18-9-8-16-10-11-25-13-17(16)12-18)29-22(19)32(31)21-7-5-6-20(28-21)30(3)15(2)33/h5-9,12,14,25H,4,10-11,13H2,1-3H3,(H,26,27,29). The molecule has 1 aliphatic heterocycles. The summed E-state index contributed by atoms with van der Waals surface area (Å²) in [7, 11) is 1.66. The van der Waals surface area contributed by atoms with E-state index in [4.69, 9.17) is 0 Å². The van der Waals surface area contributed by atoms with Crippen molar-refractivity contribution in [1.29, 1.82) is 0 Å². The molecule has 0 saturated heterocycles. The maximum atomic E-state index is 13.1. The zero-order valence-corrected chi connectivity index (χ0v) is 19.4. The Morgan fingerprint density at radius 3 is 2.85 bits per heavy atom. The van der Waals surface area contributed by atoms with Crippen LogP contribution < -0.4 is 21.1 Å². The molecule has 2 N–H and O–H groups in total. The molecule has 0 atom stereocenters. The smallest absolute Gasteiger partial charge is 0.278 e. The van der Waals surface area contributed by atoms with Gasteiger partial charge in [0, 0.05) is 38.9 Å². The van der Waals surface area contributed by atoms with E-state index in [9.17, 15) is 9.59 Å². The van der Waals surface area contributed by atoms with Gasteiger partial charge >= 0.3 is 0 Å². The molecule has 1 aromatic carbocycles. The van der Waals surface area contributed by atoms with Crippen LogP contribution in [0.3, 0.4) is 0 Å². The second kappa shape index (κ2) is 8.71. The summed E-state index contributed by atoms with van der Waals surface area (Å²) in [6.07, 6.45) is 2.56. The van der Waals surface area contributed by atoms with E-state index in [2.05, 4.69) is 37.7 Å². The molecule has 174 valence electrons. The number of pyridine rings is 1. The quantitative estimate of drug-likeness (QED) is 0.472. The zero-order valence-electron chi connectivity index (χ0n) is 19.4. The van der Waals surface area contributed by atoms with E-state index < -0.39 is 0 Å². The SMILES string of the molecule is CCn1c(=O)c2cnc(Nc3ccc4c(c3)CNCC4)nc2n1-c1cccc(N(C)C(C)=O)n1. The number of amides is 1. The van der Waals surface area contributed by atoms with Crippen LogP contribution in [-0.4, -0.2) is 43.8 Å². The first-order valence-corrected chi connectivity index (χ1v) is 11.3. The van der Waals surface area contributed by atoms with Gasteiger partial charge in [0.25, 0.3) is 5.56 Å². The predicted molar refractivity (Wildman–Crippen MR) is 131 cm³/mol. The molecule has 3 aromatic heterocycles. The molecule has 10 nitrogen and oxygen atoms in total. The van der Waals surface area contributed by atoms with Crippen LogP contribution in [0.25, 0.3) is 16.9 Å². The van der Waals surface area contributed by atoms with Crippen molar-refractivity contribution < 1.29 is 4.79 Å². The number of carbonyl (C=O) groups excluding carboxylic acids is 1. The summed E-state index contributed by atoms with van der Waals surface area (Å²) < 4.78 is 3.24. The van der Waals surface area contributed by atoms with Crippen LogP contribution in [0.2, 0.25) is 0 Å². The fourth-order valence-electron chi connectivity index (χ4n) is 4.17. The van der Waals surface area contributed by atoms with Gasteiger partial charge in [0.1, 0.15) is 11.2 Å². The highest BCUT2D eigenvalue weighted by Gasteiger charge is 2.19. The molecule has 34 heavy (non-hydrogen) atoms. The minimum absolute atomic E-state index is 0.135. The molecule has 0 unspecified atom stereocenters. The van der Waals surface area contributed by atoms with Crippen LogP contribution in [0.15, 0.2) is 47.4 Å². The number of nitrogens with one attached hydrogen (secondary N) is 2. The van der Waals surface area contributed by atoms with Crippen LogP contribution in [-0.2, 0) is 24.3 Å². The topological polar surface area (TPSA) is 110 Å². The summed E-state index contributed by atoms with van der Waals surface area (Å²) in [5.41, 5.74) is 3.72. The Hall–Kier alpha value is -4.05. The van der Waals surface area contributed by atoms with Crippen molar-refractivity contribution in [2.45, 2.75) is 33.4 Å². The first-order chi connectivity index (χ1) is 16.5. The van der Waals surface area contributed by atoms with Crippen LogP contribution in [0, 0.1) is 0 Å². The maximum Gasteiger partial charge on any atom is 0.278 e. The molecular formula is C24H26N8O2. The summed E-state index contributed by atoms with van der Waals surface area (Å²) in [6, 6.07) is 11.6. The number of fused-ring (bicyclic) bond motifs is 2. The maximum absolute atomic E-state index is 13.1. The normalized spacial score (nSPS) is 13.0. The largest absolute Gasteiger partial charge is 0.324 e. The summed E-state index contributed by atoms with van der Waals surface area (Å²) in [5, 5.41) is 7.05. The monoisotopic (exact) mass is 458 g/mol. The Morgan fingerprint density at radius 1 is 1.21 bits per heavy atom. The van der Waals surface area contributed by atoms with E-state index >= 15 is 0 Å². The van der Waals surface area contributed by atoms with E-state index in [-0.39, 0.29) is 11.5 Å². The summed E-state index contributed by atoms with van der Waals surface area (Å²) >= 11 is 0. The third-order valence-electron chi connectivity index (χ3n) is 6.08. The van der Waals surface area contributed by atoms with Crippen LogP contribution in [0.1, 0.15) is 25.0 Å². The molecule has 0 aliphatic carbocycles. The van der Waals surface area contributed by atoms with Crippen LogP contribution in [0.5, 0.6) is 0 Å². The van der Waals surface area contributed by atoms with Gasteiger partial charge in [0.2, 0.25) is 11.9 Å². The van der Waals surface area contributed by atoms with Crippen molar-refractivity contribution in [1.82, 2.24) is 29.6 Å². The number of rotatable bonds is 5. The van der Waals surface area contributed by atoms with Crippen molar-refractivity contribution in [3.63, 3.8) is 0 Å². The molecule has 0 saturated carbocycles. The Labute approximate surface area is 196 Å². The minimum atomic E-state index is -0.198. The van der Waals surface area contributed by atoms with Gasteiger partial charge in [0.15, 0.2) is 11.5 Å². The van der Waals surface area contributed by atoms with Gasteiger partial charge in [-0.3, -0.25) is 9.59 Å². The third-order valence-corrected chi connectivity index (χ3v) is 6.08. The number of hydrogen-bond acceptors (Lipinski definition) is 7. The van der Waals surface area contributed by atoms with Crippen molar-refractivity contribution >= 4 is 34.4 Å². The lowest BCUT2D eigenvalue weighted by atomic mass is 10.0. The van der Waals surface area contributed by atoms with E-state index in [1.807, 2.05) is 13.0 Å². The molecule has 10 heteroatoms. The molecule has 1 amide bonds. The van der Waals surface area contributed by atoms with Gasteiger partial charge in [-0.25, -0.2) is 19.3 Å². The number of aromatic nitrogens is 5.